The number of carbonyl (C=O) groups is 1. The van der Waals surface area contributed by atoms with E-state index in [-0.39, 0.29) is 18.4 Å². The molecule has 2 atom stereocenters. The zero-order valence-electron chi connectivity index (χ0n) is 13.7. The van der Waals surface area contributed by atoms with Gasteiger partial charge >= 0.3 is 0 Å². The number of nitrogens with zero attached hydrogens (tertiary/aromatic N) is 1. The van der Waals surface area contributed by atoms with Gasteiger partial charge in [-0.3, -0.25) is 4.79 Å². The molecule has 1 aromatic heterocycles. The van der Waals surface area contributed by atoms with Gasteiger partial charge in [-0.15, -0.1) is 11.3 Å². The van der Waals surface area contributed by atoms with E-state index in [9.17, 15) is 9.90 Å². The zero-order chi connectivity index (χ0) is 16.4. The molecule has 0 saturated heterocycles. The fourth-order valence-electron chi connectivity index (χ4n) is 3.43. The Balaban J connectivity index is 1.78. The second kappa shape index (κ2) is 6.46. The summed E-state index contributed by atoms with van der Waals surface area (Å²) in [6, 6.07) is 11.7. The third kappa shape index (κ3) is 3.19. The number of thiophene rings is 1. The molecule has 0 spiro atoms. The molecule has 0 saturated carbocycles. The Morgan fingerprint density at radius 3 is 2.78 bits per heavy atom. The van der Waals surface area contributed by atoms with Crippen molar-refractivity contribution in [3.63, 3.8) is 0 Å². The van der Waals surface area contributed by atoms with Gasteiger partial charge in [0.1, 0.15) is 0 Å². The van der Waals surface area contributed by atoms with Crippen LogP contribution in [0.5, 0.6) is 0 Å². The van der Waals surface area contributed by atoms with Crippen molar-refractivity contribution in [3.8, 4) is 0 Å². The van der Waals surface area contributed by atoms with Gasteiger partial charge in [-0.25, -0.2) is 0 Å². The van der Waals surface area contributed by atoms with Crippen molar-refractivity contribution in [1.29, 1.82) is 0 Å². The van der Waals surface area contributed by atoms with Crippen LogP contribution >= 0.6 is 11.3 Å². The topological polar surface area (TPSA) is 40.5 Å². The molecule has 1 N–H and O–H groups in total. The highest BCUT2D eigenvalue weighted by molar-refractivity contribution is 7.10. The predicted octanol–water partition coefficient (Wildman–Crippen LogP) is 3.88. The van der Waals surface area contributed by atoms with Crippen LogP contribution in [-0.4, -0.2) is 22.5 Å². The standard InChI is InChI=1S/C19H23NO2S/c1-3-16-15-10-12-23-17(15)9-11-20(16)18(21)13-19(2,22)14-7-5-4-6-8-14/h4-8,10,12,16,22H,3,9,11,13H2,1-2H3. The fraction of sp³-hybridized carbons (Fsp3) is 0.421. The lowest BCUT2D eigenvalue weighted by molar-refractivity contribution is -0.139. The molecule has 0 bridgehead atoms. The lowest BCUT2D eigenvalue weighted by Gasteiger charge is -2.37. The summed E-state index contributed by atoms with van der Waals surface area (Å²) in [6.07, 6.45) is 1.94. The first kappa shape index (κ1) is 16.2. The molecule has 0 fully saturated rings. The van der Waals surface area contributed by atoms with E-state index in [1.807, 2.05) is 35.2 Å². The smallest absolute Gasteiger partial charge is 0.226 e. The number of hydrogen-bond acceptors (Lipinski definition) is 3. The van der Waals surface area contributed by atoms with Crippen molar-refractivity contribution in [2.45, 2.75) is 44.8 Å². The molecular formula is C19H23NO2S. The van der Waals surface area contributed by atoms with E-state index in [0.29, 0.717) is 0 Å². The number of fused-ring (bicyclic) bond motifs is 1. The van der Waals surface area contributed by atoms with Gasteiger partial charge in [0.15, 0.2) is 0 Å². The summed E-state index contributed by atoms with van der Waals surface area (Å²) < 4.78 is 0. The minimum atomic E-state index is -1.13. The molecule has 1 aromatic carbocycles. The highest BCUT2D eigenvalue weighted by Crippen LogP contribution is 2.36. The normalized spacial score (nSPS) is 20.0. The molecular weight excluding hydrogens is 306 g/mol. The second-order valence-electron chi connectivity index (χ2n) is 6.38. The van der Waals surface area contributed by atoms with E-state index in [4.69, 9.17) is 0 Å². The maximum Gasteiger partial charge on any atom is 0.226 e. The first-order valence-electron chi connectivity index (χ1n) is 8.16. The van der Waals surface area contributed by atoms with Gasteiger partial charge in [0.25, 0.3) is 0 Å². The van der Waals surface area contributed by atoms with Crippen LogP contribution in [0.4, 0.5) is 0 Å². The number of hydrogen-bond donors (Lipinski definition) is 1. The molecule has 1 aliphatic heterocycles. The molecule has 2 heterocycles. The van der Waals surface area contributed by atoms with E-state index in [2.05, 4.69) is 18.4 Å². The molecule has 0 aliphatic carbocycles. The van der Waals surface area contributed by atoms with Crippen LogP contribution in [0.2, 0.25) is 0 Å². The summed E-state index contributed by atoms with van der Waals surface area (Å²) in [7, 11) is 0. The van der Waals surface area contributed by atoms with Crippen LogP contribution in [0.15, 0.2) is 41.8 Å². The highest BCUT2D eigenvalue weighted by Gasteiger charge is 2.34. The third-order valence-corrected chi connectivity index (χ3v) is 5.69. The van der Waals surface area contributed by atoms with Crippen molar-refractivity contribution in [3.05, 3.63) is 57.8 Å². The lowest BCUT2D eigenvalue weighted by Crippen LogP contribution is -2.42. The van der Waals surface area contributed by atoms with Gasteiger partial charge in [-0.1, -0.05) is 37.3 Å². The van der Waals surface area contributed by atoms with Gasteiger partial charge in [0, 0.05) is 11.4 Å². The molecule has 0 radical (unpaired) electrons. The van der Waals surface area contributed by atoms with E-state index < -0.39 is 5.60 Å². The number of rotatable bonds is 4. The van der Waals surface area contributed by atoms with Gasteiger partial charge in [0.2, 0.25) is 5.91 Å². The monoisotopic (exact) mass is 329 g/mol. The molecule has 1 amide bonds. The maximum absolute atomic E-state index is 12.9. The number of benzene rings is 1. The Labute approximate surface area is 141 Å². The first-order chi connectivity index (χ1) is 11.0. The molecule has 4 heteroatoms. The summed E-state index contributed by atoms with van der Waals surface area (Å²) >= 11 is 1.78. The fourth-order valence-corrected chi connectivity index (χ4v) is 4.36. The lowest BCUT2D eigenvalue weighted by atomic mass is 9.90. The second-order valence-corrected chi connectivity index (χ2v) is 7.38. The van der Waals surface area contributed by atoms with Crippen LogP contribution in [0.3, 0.4) is 0 Å². The third-order valence-electron chi connectivity index (χ3n) is 4.69. The van der Waals surface area contributed by atoms with Crippen LogP contribution in [-0.2, 0) is 16.8 Å². The Kier molecular flexibility index (Phi) is 4.55. The average molecular weight is 329 g/mol. The van der Waals surface area contributed by atoms with Gasteiger partial charge in [0.05, 0.1) is 18.1 Å². The predicted molar refractivity (Wildman–Crippen MR) is 93.4 cm³/mol. The molecule has 23 heavy (non-hydrogen) atoms. The van der Waals surface area contributed by atoms with Gasteiger partial charge in [-0.05, 0) is 42.3 Å². The number of carbonyl (C=O) groups excluding carboxylic acids is 1. The van der Waals surface area contributed by atoms with Crippen LogP contribution in [0.25, 0.3) is 0 Å². The van der Waals surface area contributed by atoms with Crippen LogP contribution in [0.1, 0.15) is 48.7 Å². The Morgan fingerprint density at radius 1 is 1.35 bits per heavy atom. The molecule has 2 unspecified atom stereocenters. The van der Waals surface area contributed by atoms with Crippen molar-refractivity contribution in [2.24, 2.45) is 0 Å². The highest BCUT2D eigenvalue weighted by atomic mass is 32.1. The van der Waals surface area contributed by atoms with Crippen LogP contribution in [0, 0.1) is 0 Å². The van der Waals surface area contributed by atoms with Gasteiger partial charge in [-0.2, -0.15) is 0 Å². The largest absolute Gasteiger partial charge is 0.385 e. The minimum absolute atomic E-state index is 0.0301. The van der Waals surface area contributed by atoms with Crippen molar-refractivity contribution >= 4 is 17.2 Å². The summed E-state index contributed by atoms with van der Waals surface area (Å²) in [5, 5.41) is 12.9. The van der Waals surface area contributed by atoms with Crippen LogP contribution < -0.4 is 0 Å². The van der Waals surface area contributed by atoms with Crippen molar-refractivity contribution in [1.82, 2.24) is 4.90 Å². The summed E-state index contributed by atoms with van der Waals surface area (Å²) in [5.41, 5.74) is 0.942. The van der Waals surface area contributed by atoms with E-state index >= 15 is 0 Å². The number of aliphatic hydroxyl groups is 1. The summed E-state index contributed by atoms with van der Waals surface area (Å²) in [4.78, 5) is 16.2. The molecule has 3 nitrogen and oxygen atoms in total. The molecule has 2 aromatic rings. The minimum Gasteiger partial charge on any atom is -0.385 e. The quantitative estimate of drug-likeness (QED) is 0.925. The SMILES string of the molecule is CCC1c2ccsc2CCN1C(=O)CC(C)(O)c1ccccc1. The first-order valence-corrected chi connectivity index (χ1v) is 9.04. The molecule has 1 aliphatic rings. The van der Waals surface area contributed by atoms with E-state index in [1.165, 1.54) is 10.4 Å². The maximum atomic E-state index is 12.9. The molecule has 122 valence electrons. The van der Waals surface area contributed by atoms with Crippen molar-refractivity contribution < 1.29 is 9.90 Å². The Bertz CT molecular complexity index is 678. The summed E-state index contributed by atoms with van der Waals surface area (Å²) in [5.74, 6) is 0.0301. The summed E-state index contributed by atoms with van der Waals surface area (Å²) in [6.45, 7) is 4.59. The average Bonchev–Trinajstić information content (AvgIpc) is 3.03. The van der Waals surface area contributed by atoms with Crippen molar-refractivity contribution in [2.75, 3.05) is 6.54 Å². The Hall–Kier alpha value is -1.65. The zero-order valence-corrected chi connectivity index (χ0v) is 14.5. The van der Waals surface area contributed by atoms with Gasteiger partial charge < -0.3 is 10.0 Å². The van der Waals surface area contributed by atoms with E-state index in [0.717, 1.165) is 24.9 Å². The molecule has 3 rings (SSSR count). The van der Waals surface area contributed by atoms with E-state index in [1.54, 1.807) is 18.3 Å². The number of amides is 1. The Morgan fingerprint density at radius 2 is 2.09 bits per heavy atom.